The van der Waals surface area contributed by atoms with E-state index in [0.29, 0.717) is 31.1 Å². The van der Waals surface area contributed by atoms with Crippen LogP contribution >= 0.6 is 0 Å². The van der Waals surface area contributed by atoms with E-state index in [-0.39, 0.29) is 41.1 Å². The number of aliphatic hydroxyl groups is 8. The summed E-state index contributed by atoms with van der Waals surface area (Å²) in [4.78, 5) is 0. The fourth-order valence-corrected chi connectivity index (χ4v) is 12.3. The van der Waals surface area contributed by atoms with E-state index in [1.807, 2.05) is 0 Å². The first-order valence-corrected chi connectivity index (χ1v) is 21.2. The Balaban J connectivity index is 1.39. The van der Waals surface area contributed by atoms with E-state index in [4.69, 9.17) is 23.7 Å². The van der Waals surface area contributed by atoms with Gasteiger partial charge in [-0.15, -0.1) is 0 Å². The van der Waals surface area contributed by atoms with Crippen molar-refractivity contribution >= 4 is 0 Å². The standard InChI is InChI=1S/C42H72O13/c1-8-22(20(2)3)10-9-21(4)32-30(53-40-35(49)33(47)37(54-40)27(45)18-43)17-26-31-25(12-14-42(26,32)6)41(5)13-11-24(44)15-23(41)16-29(31)52-39-36(50)34(48)38(55-39)28(46)19-51-7/h20-25,27-30,32-40,43-50H,8-19H2,1-7H3/t21-,22+,23-,24-,25+,27?,28?,29+,30-,32+,33-,34-,35-,36-,37+,38+,39-,40-,41+,42+/m1/s1. The number of hydrogen-bond donors (Lipinski definition) is 8. The SMILES string of the molecule is CC[C@@H](CC[C@@H](C)[C@H]1[C@H](O[C@@H]2O[C@@H](C(O)CO)[C@H](O)[C@H]2O)CC2=C3[C@@H](O[C@@H]4O[C@@H](C(O)COC)[C@H](O)[C@H]4O)C[C@H]4C[C@H](O)CC[C@]4(C)[C@H]3CC[C@@]21C)C(C)C. The molecule has 0 amide bonds. The molecule has 318 valence electrons. The number of methoxy groups -OCH3 is 1. The summed E-state index contributed by atoms with van der Waals surface area (Å²) in [6.07, 6.45) is -5.82. The fourth-order valence-electron chi connectivity index (χ4n) is 12.3. The molecule has 0 radical (unpaired) electrons. The van der Waals surface area contributed by atoms with Crippen molar-refractivity contribution in [3.63, 3.8) is 0 Å². The van der Waals surface area contributed by atoms with E-state index in [9.17, 15) is 40.9 Å². The Kier molecular flexibility index (Phi) is 13.9. The molecule has 2 unspecified atom stereocenters. The van der Waals surface area contributed by atoms with Gasteiger partial charge in [-0.05, 0) is 103 Å². The lowest BCUT2D eigenvalue weighted by Gasteiger charge is -2.58. The molecule has 3 saturated carbocycles. The Morgan fingerprint density at radius 2 is 1.45 bits per heavy atom. The number of fused-ring (bicyclic) bond motifs is 4. The van der Waals surface area contributed by atoms with Crippen molar-refractivity contribution in [1.29, 1.82) is 0 Å². The van der Waals surface area contributed by atoms with Crippen molar-refractivity contribution in [3.8, 4) is 0 Å². The van der Waals surface area contributed by atoms with Crippen LogP contribution < -0.4 is 0 Å². The van der Waals surface area contributed by atoms with Crippen molar-refractivity contribution < 1.29 is 64.5 Å². The smallest absolute Gasteiger partial charge is 0.187 e. The molecule has 2 aliphatic heterocycles. The highest BCUT2D eigenvalue weighted by molar-refractivity contribution is 5.39. The molecule has 2 heterocycles. The average Bonchev–Trinajstić information content (AvgIpc) is 3.71. The number of aliphatic hydroxyl groups excluding tert-OH is 8. The van der Waals surface area contributed by atoms with Crippen LogP contribution in [0.25, 0.3) is 0 Å². The molecule has 6 rings (SSSR count). The second-order valence-electron chi connectivity index (χ2n) is 19.0. The molecule has 0 aromatic rings. The summed E-state index contributed by atoms with van der Waals surface area (Å²) in [6.45, 7) is 13.1. The maximum atomic E-state index is 11.2. The molecule has 5 fully saturated rings. The van der Waals surface area contributed by atoms with Crippen LogP contribution in [-0.4, -0.2) is 141 Å². The molecule has 0 aromatic carbocycles. The molecule has 20 atom stereocenters. The maximum absolute atomic E-state index is 11.2. The number of ether oxygens (including phenoxy) is 5. The van der Waals surface area contributed by atoms with Crippen molar-refractivity contribution in [2.24, 2.45) is 46.3 Å². The summed E-state index contributed by atoms with van der Waals surface area (Å²) in [5, 5.41) is 85.7. The summed E-state index contributed by atoms with van der Waals surface area (Å²) >= 11 is 0. The van der Waals surface area contributed by atoms with E-state index >= 15 is 0 Å². The molecule has 4 aliphatic carbocycles. The average molecular weight is 785 g/mol. The van der Waals surface area contributed by atoms with Crippen LogP contribution in [0.1, 0.15) is 106 Å². The Morgan fingerprint density at radius 1 is 0.818 bits per heavy atom. The van der Waals surface area contributed by atoms with Crippen LogP contribution in [0.4, 0.5) is 0 Å². The van der Waals surface area contributed by atoms with Gasteiger partial charge in [0.2, 0.25) is 0 Å². The highest BCUT2D eigenvalue weighted by Crippen LogP contribution is 2.67. The molecule has 6 aliphatic rings. The van der Waals surface area contributed by atoms with Gasteiger partial charge in [-0.3, -0.25) is 0 Å². The minimum atomic E-state index is -1.43. The van der Waals surface area contributed by atoms with Crippen molar-refractivity contribution in [2.75, 3.05) is 20.3 Å². The molecule has 0 bridgehead atoms. The second-order valence-corrected chi connectivity index (χ2v) is 19.0. The van der Waals surface area contributed by atoms with Gasteiger partial charge < -0.3 is 64.5 Å². The zero-order chi connectivity index (χ0) is 40.1. The molecule has 2 saturated heterocycles. The Labute approximate surface area is 327 Å². The van der Waals surface area contributed by atoms with Crippen molar-refractivity contribution in [1.82, 2.24) is 0 Å². The first-order valence-electron chi connectivity index (χ1n) is 21.2. The molecule has 0 aromatic heterocycles. The van der Waals surface area contributed by atoms with E-state index in [0.717, 1.165) is 44.9 Å². The predicted octanol–water partition coefficient (Wildman–Crippen LogP) is 2.41. The highest BCUT2D eigenvalue weighted by Gasteiger charge is 2.62. The third kappa shape index (κ3) is 8.11. The molecular formula is C42H72O13. The first kappa shape index (κ1) is 43.8. The molecule has 13 heteroatoms. The van der Waals surface area contributed by atoms with Gasteiger partial charge in [0, 0.05) is 7.11 Å². The zero-order valence-electron chi connectivity index (χ0n) is 34.1. The molecule has 13 nitrogen and oxygen atoms in total. The van der Waals surface area contributed by atoms with E-state index in [1.165, 1.54) is 18.3 Å². The first-order chi connectivity index (χ1) is 26.0. The topological polar surface area (TPSA) is 208 Å². The monoisotopic (exact) mass is 784 g/mol. The molecule has 8 N–H and O–H groups in total. The Morgan fingerprint density at radius 3 is 2.05 bits per heavy atom. The van der Waals surface area contributed by atoms with Gasteiger partial charge in [-0.2, -0.15) is 0 Å². The quantitative estimate of drug-likeness (QED) is 0.113. The van der Waals surface area contributed by atoms with Crippen LogP contribution in [0, 0.1) is 46.3 Å². The van der Waals surface area contributed by atoms with E-state index < -0.39 is 86.3 Å². The largest absolute Gasteiger partial charge is 0.394 e. The summed E-state index contributed by atoms with van der Waals surface area (Å²) in [6, 6.07) is 0. The van der Waals surface area contributed by atoms with Gasteiger partial charge in [0.1, 0.15) is 48.8 Å². The van der Waals surface area contributed by atoms with Crippen molar-refractivity contribution in [2.45, 2.75) is 185 Å². The van der Waals surface area contributed by atoms with Gasteiger partial charge in [0.05, 0.1) is 31.5 Å². The maximum Gasteiger partial charge on any atom is 0.187 e. The van der Waals surface area contributed by atoms with Crippen LogP contribution in [0.2, 0.25) is 0 Å². The van der Waals surface area contributed by atoms with Gasteiger partial charge in [-0.25, -0.2) is 0 Å². The van der Waals surface area contributed by atoms with Crippen LogP contribution in [-0.2, 0) is 23.7 Å². The molecule has 55 heavy (non-hydrogen) atoms. The minimum absolute atomic E-state index is 0.0125. The van der Waals surface area contributed by atoms with Crippen LogP contribution in [0.15, 0.2) is 11.1 Å². The van der Waals surface area contributed by atoms with Crippen molar-refractivity contribution in [3.05, 3.63) is 11.1 Å². The van der Waals surface area contributed by atoms with Gasteiger partial charge in [0.15, 0.2) is 12.6 Å². The summed E-state index contributed by atoms with van der Waals surface area (Å²) in [5.41, 5.74) is 1.99. The minimum Gasteiger partial charge on any atom is -0.394 e. The lowest BCUT2D eigenvalue weighted by Crippen LogP contribution is -2.53. The lowest BCUT2D eigenvalue weighted by molar-refractivity contribution is -0.214. The van der Waals surface area contributed by atoms with Crippen LogP contribution in [0.3, 0.4) is 0 Å². The van der Waals surface area contributed by atoms with Crippen LogP contribution in [0.5, 0.6) is 0 Å². The third-order valence-corrected chi connectivity index (χ3v) is 15.5. The third-order valence-electron chi connectivity index (χ3n) is 15.5. The highest BCUT2D eigenvalue weighted by atomic mass is 16.7. The van der Waals surface area contributed by atoms with Gasteiger partial charge >= 0.3 is 0 Å². The number of rotatable bonds is 15. The van der Waals surface area contributed by atoms with Gasteiger partial charge in [0.25, 0.3) is 0 Å². The second kappa shape index (κ2) is 17.4. The lowest BCUT2D eigenvalue weighted by atomic mass is 9.48. The summed E-state index contributed by atoms with van der Waals surface area (Å²) in [7, 11) is 1.44. The number of hydrogen-bond acceptors (Lipinski definition) is 13. The van der Waals surface area contributed by atoms with E-state index in [1.54, 1.807) is 0 Å². The Hall–Kier alpha value is -0.780. The van der Waals surface area contributed by atoms with E-state index in [2.05, 4.69) is 41.5 Å². The summed E-state index contributed by atoms with van der Waals surface area (Å²) in [5.74, 6) is 1.65. The molecule has 0 spiro atoms. The fraction of sp³-hybridized carbons (Fsp3) is 0.952. The Bertz CT molecular complexity index is 1310. The molecular weight excluding hydrogens is 712 g/mol. The normalized spacial score (nSPS) is 46.7. The van der Waals surface area contributed by atoms with Gasteiger partial charge in [-0.1, -0.05) is 60.0 Å². The predicted molar refractivity (Wildman–Crippen MR) is 201 cm³/mol. The zero-order valence-corrected chi connectivity index (χ0v) is 34.1. The summed E-state index contributed by atoms with van der Waals surface area (Å²) < 4.78 is 30.7.